The highest BCUT2D eigenvalue weighted by Gasteiger charge is 2.15. The van der Waals surface area contributed by atoms with Crippen molar-refractivity contribution >= 4 is 33.1 Å². The fraction of sp³-hybridized carbons (Fsp3) is 0.176. The molecule has 24 heavy (non-hydrogen) atoms. The quantitative estimate of drug-likeness (QED) is 0.789. The molecule has 0 saturated carbocycles. The lowest BCUT2D eigenvalue weighted by atomic mass is 10.2. The van der Waals surface area contributed by atoms with Crippen LogP contribution in [0.4, 0.5) is 10.1 Å². The molecule has 0 fully saturated rings. The molecule has 1 aromatic heterocycles. The summed E-state index contributed by atoms with van der Waals surface area (Å²) in [5.74, 6) is -0.285. The summed E-state index contributed by atoms with van der Waals surface area (Å²) in [6.45, 7) is 1.61. The predicted octanol–water partition coefficient (Wildman–Crippen LogP) is 3.15. The first-order valence-electron chi connectivity index (χ1n) is 7.27. The Hall–Kier alpha value is -2.67. The van der Waals surface area contributed by atoms with Gasteiger partial charge < -0.3 is 14.6 Å². The van der Waals surface area contributed by atoms with E-state index in [9.17, 15) is 14.0 Å². The average Bonchev–Trinajstić information content (AvgIpc) is 2.83. The molecule has 1 heterocycles. The average molecular weight is 346 g/mol. The monoisotopic (exact) mass is 346 g/mol. The number of hydrogen-bond acceptors (Lipinski definition) is 4. The van der Waals surface area contributed by atoms with Gasteiger partial charge in [0.25, 0.3) is 5.91 Å². The fourth-order valence-corrected chi connectivity index (χ4v) is 3.15. The minimum Gasteiger partial charge on any atom is -0.481 e. The van der Waals surface area contributed by atoms with Gasteiger partial charge in [-0.25, -0.2) is 4.39 Å². The number of amides is 1. The van der Waals surface area contributed by atoms with E-state index in [1.807, 2.05) is 0 Å². The van der Waals surface area contributed by atoms with Crippen LogP contribution >= 0.6 is 11.3 Å². The van der Waals surface area contributed by atoms with Gasteiger partial charge in [-0.1, -0.05) is 11.3 Å². The van der Waals surface area contributed by atoms with Gasteiger partial charge in [0.2, 0.25) is 0 Å². The summed E-state index contributed by atoms with van der Waals surface area (Å²) in [6.07, 6.45) is -0.749. The number of halogens is 1. The van der Waals surface area contributed by atoms with Crippen molar-refractivity contribution < 1.29 is 13.9 Å². The second kappa shape index (κ2) is 6.45. The van der Waals surface area contributed by atoms with Crippen molar-refractivity contribution in [3.05, 3.63) is 57.9 Å². The number of rotatable bonds is 4. The maximum atomic E-state index is 12.9. The van der Waals surface area contributed by atoms with Crippen LogP contribution < -0.4 is 14.9 Å². The van der Waals surface area contributed by atoms with Crippen molar-refractivity contribution in [3.63, 3.8) is 0 Å². The number of carbonyl (C=O) groups excluding carboxylic acids is 1. The van der Waals surface area contributed by atoms with Crippen LogP contribution in [0.2, 0.25) is 0 Å². The van der Waals surface area contributed by atoms with Gasteiger partial charge in [-0.3, -0.25) is 9.59 Å². The van der Waals surface area contributed by atoms with E-state index in [4.69, 9.17) is 4.74 Å². The van der Waals surface area contributed by atoms with Crippen LogP contribution in [0.1, 0.15) is 6.92 Å². The van der Waals surface area contributed by atoms with Crippen LogP contribution in [0.5, 0.6) is 5.75 Å². The third-order valence-corrected chi connectivity index (χ3v) is 4.55. The highest BCUT2D eigenvalue weighted by atomic mass is 32.1. The Morgan fingerprint density at radius 3 is 2.67 bits per heavy atom. The number of thiazole rings is 1. The summed E-state index contributed by atoms with van der Waals surface area (Å²) < 4.78 is 20.7. The summed E-state index contributed by atoms with van der Waals surface area (Å²) in [5, 5.41) is 2.75. The van der Waals surface area contributed by atoms with Gasteiger partial charge >= 0.3 is 4.87 Å². The molecular formula is C17H15FN2O3S. The smallest absolute Gasteiger partial charge is 0.307 e. The lowest BCUT2D eigenvalue weighted by Crippen LogP contribution is -2.30. The number of aromatic nitrogens is 1. The number of carbonyl (C=O) groups is 1. The van der Waals surface area contributed by atoms with E-state index in [0.29, 0.717) is 11.4 Å². The van der Waals surface area contributed by atoms with Crippen LogP contribution in [0.25, 0.3) is 10.2 Å². The van der Waals surface area contributed by atoms with E-state index in [-0.39, 0.29) is 16.6 Å². The van der Waals surface area contributed by atoms with Crippen molar-refractivity contribution in [3.8, 4) is 5.75 Å². The lowest BCUT2D eigenvalue weighted by Gasteiger charge is -2.14. The fourth-order valence-electron chi connectivity index (χ4n) is 2.23. The number of ether oxygens (including phenoxy) is 1. The summed E-state index contributed by atoms with van der Waals surface area (Å²) in [4.78, 5) is 23.8. The van der Waals surface area contributed by atoms with Gasteiger partial charge in [0, 0.05) is 12.7 Å². The maximum absolute atomic E-state index is 12.9. The normalized spacial score (nSPS) is 12.1. The van der Waals surface area contributed by atoms with Crippen molar-refractivity contribution in [2.75, 3.05) is 5.32 Å². The Morgan fingerprint density at radius 1 is 1.25 bits per heavy atom. The molecule has 1 amide bonds. The SMILES string of the molecule is C[C@@H](Oc1ccc(F)cc1)C(=O)Nc1ccc2c(c1)sc(=O)n2C. The van der Waals surface area contributed by atoms with Crippen molar-refractivity contribution in [1.29, 1.82) is 0 Å². The van der Waals surface area contributed by atoms with E-state index < -0.39 is 6.10 Å². The molecule has 3 aromatic rings. The van der Waals surface area contributed by atoms with Crippen LogP contribution in [-0.2, 0) is 11.8 Å². The first kappa shape index (κ1) is 16.2. The summed E-state index contributed by atoms with van der Waals surface area (Å²) in [6, 6.07) is 10.7. The standard InChI is InChI=1S/C17H15FN2O3S/c1-10(23-13-6-3-11(18)4-7-13)16(21)19-12-5-8-14-15(9-12)24-17(22)20(14)2/h3-10H,1-2H3,(H,19,21)/t10-/m1/s1. The van der Waals surface area contributed by atoms with Gasteiger partial charge in [0.15, 0.2) is 6.10 Å². The molecular weight excluding hydrogens is 331 g/mol. The number of aryl methyl sites for hydroxylation is 1. The minimum absolute atomic E-state index is 0.0542. The van der Waals surface area contributed by atoms with Gasteiger partial charge in [-0.2, -0.15) is 0 Å². The van der Waals surface area contributed by atoms with Crippen LogP contribution in [0.3, 0.4) is 0 Å². The number of nitrogens with zero attached hydrogens (tertiary/aromatic N) is 1. The molecule has 0 aliphatic heterocycles. The number of nitrogens with one attached hydrogen (secondary N) is 1. The predicted molar refractivity (Wildman–Crippen MR) is 92.2 cm³/mol. The molecule has 3 rings (SSSR count). The maximum Gasteiger partial charge on any atom is 0.307 e. The highest BCUT2D eigenvalue weighted by Crippen LogP contribution is 2.21. The molecule has 0 aliphatic rings. The summed E-state index contributed by atoms with van der Waals surface area (Å²) in [5.41, 5.74) is 1.41. The zero-order valence-electron chi connectivity index (χ0n) is 13.1. The number of fused-ring (bicyclic) bond motifs is 1. The Kier molecular flexibility index (Phi) is 4.35. The van der Waals surface area contributed by atoms with E-state index in [1.165, 1.54) is 24.3 Å². The molecule has 0 spiro atoms. The minimum atomic E-state index is -0.749. The van der Waals surface area contributed by atoms with E-state index in [1.54, 1.807) is 36.7 Å². The zero-order valence-corrected chi connectivity index (χ0v) is 13.9. The zero-order chi connectivity index (χ0) is 17.3. The van der Waals surface area contributed by atoms with E-state index in [2.05, 4.69) is 5.32 Å². The largest absolute Gasteiger partial charge is 0.481 e. The Balaban J connectivity index is 1.71. The second-order valence-corrected chi connectivity index (χ2v) is 6.31. The molecule has 7 heteroatoms. The molecule has 0 unspecified atom stereocenters. The first-order chi connectivity index (χ1) is 11.4. The molecule has 1 atom stereocenters. The third kappa shape index (κ3) is 3.30. The molecule has 0 aliphatic carbocycles. The molecule has 0 saturated heterocycles. The van der Waals surface area contributed by atoms with Gasteiger partial charge in [-0.15, -0.1) is 0 Å². The number of benzene rings is 2. The van der Waals surface area contributed by atoms with Gasteiger partial charge in [0.1, 0.15) is 11.6 Å². The van der Waals surface area contributed by atoms with Crippen molar-refractivity contribution in [2.24, 2.45) is 7.05 Å². The van der Waals surface area contributed by atoms with Crippen LogP contribution in [0.15, 0.2) is 47.3 Å². The molecule has 1 N–H and O–H groups in total. The molecule has 0 bridgehead atoms. The molecule has 5 nitrogen and oxygen atoms in total. The Bertz CT molecular complexity index is 947. The van der Waals surface area contributed by atoms with Gasteiger partial charge in [-0.05, 0) is 49.4 Å². The molecule has 124 valence electrons. The van der Waals surface area contributed by atoms with E-state index >= 15 is 0 Å². The lowest BCUT2D eigenvalue weighted by molar-refractivity contribution is -0.122. The topological polar surface area (TPSA) is 60.3 Å². The number of anilines is 1. The summed E-state index contributed by atoms with van der Waals surface area (Å²) >= 11 is 1.12. The number of hydrogen-bond donors (Lipinski definition) is 1. The Morgan fingerprint density at radius 2 is 1.96 bits per heavy atom. The Labute approximate surface area is 141 Å². The van der Waals surface area contributed by atoms with Crippen molar-refractivity contribution in [1.82, 2.24) is 4.57 Å². The van der Waals surface area contributed by atoms with E-state index in [0.717, 1.165) is 21.6 Å². The van der Waals surface area contributed by atoms with Gasteiger partial charge in [0.05, 0.1) is 10.2 Å². The summed E-state index contributed by atoms with van der Waals surface area (Å²) in [7, 11) is 1.71. The first-order valence-corrected chi connectivity index (χ1v) is 8.08. The molecule has 2 aromatic carbocycles. The molecule has 0 radical (unpaired) electrons. The third-order valence-electron chi connectivity index (χ3n) is 3.56. The van der Waals surface area contributed by atoms with Crippen LogP contribution in [-0.4, -0.2) is 16.6 Å². The second-order valence-electron chi connectivity index (χ2n) is 5.31. The van der Waals surface area contributed by atoms with Crippen molar-refractivity contribution in [2.45, 2.75) is 13.0 Å². The highest BCUT2D eigenvalue weighted by molar-refractivity contribution is 7.16. The van der Waals surface area contributed by atoms with Crippen LogP contribution in [0, 0.1) is 5.82 Å².